The quantitative estimate of drug-likeness (QED) is 0.887. The zero-order chi connectivity index (χ0) is 12.5. The molecule has 1 aliphatic heterocycles. The molecule has 1 atom stereocenters. The van der Waals surface area contributed by atoms with Gasteiger partial charge in [-0.15, -0.1) is 23.7 Å². The summed E-state index contributed by atoms with van der Waals surface area (Å²) in [7, 11) is -2.85. The Balaban J connectivity index is 0.00000162. The van der Waals surface area contributed by atoms with Gasteiger partial charge in [0.15, 0.2) is 15.0 Å². The number of hydrogen-bond donors (Lipinski definition) is 1. The molecule has 104 valence electrons. The van der Waals surface area contributed by atoms with Crippen LogP contribution in [0.4, 0.5) is 5.13 Å². The van der Waals surface area contributed by atoms with Gasteiger partial charge >= 0.3 is 0 Å². The van der Waals surface area contributed by atoms with Crippen LogP contribution in [-0.2, 0) is 16.4 Å². The number of rotatable bonds is 2. The highest BCUT2D eigenvalue weighted by Gasteiger charge is 2.24. The summed E-state index contributed by atoms with van der Waals surface area (Å²) in [6.07, 6.45) is 2.47. The molecule has 1 aromatic heterocycles. The lowest BCUT2D eigenvalue weighted by molar-refractivity contribution is 0.214. The van der Waals surface area contributed by atoms with Crippen molar-refractivity contribution in [3.63, 3.8) is 0 Å². The lowest BCUT2D eigenvalue weighted by Gasteiger charge is -2.25. The Hall–Kier alpha value is -0.370. The van der Waals surface area contributed by atoms with Crippen molar-refractivity contribution in [1.82, 2.24) is 9.88 Å². The van der Waals surface area contributed by atoms with Crippen LogP contribution >= 0.6 is 23.7 Å². The fraction of sp³-hybridized carbons (Fsp3) is 0.700. The fourth-order valence-electron chi connectivity index (χ4n) is 1.94. The molecule has 0 saturated carbocycles. The number of thiazole rings is 1. The monoisotopic (exact) mass is 311 g/mol. The molecule has 5 nitrogen and oxygen atoms in total. The Morgan fingerprint density at radius 2 is 2.28 bits per heavy atom. The Labute approximate surface area is 118 Å². The summed E-state index contributed by atoms with van der Waals surface area (Å²) >= 11 is 1.47. The molecule has 0 aromatic carbocycles. The van der Waals surface area contributed by atoms with Crippen molar-refractivity contribution in [2.45, 2.75) is 25.9 Å². The molecule has 1 fully saturated rings. The smallest absolute Gasteiger partial charge is 0.180 e. The van der Waals surface area contributed by atoms with E-state index in [1.807, 2.05) is 0 Å². The van der Waals surface area contributed by atoms with Crippen LogP contribution in [-0.4, -0.2) is 42.4 Å². The van der Waals surface area contributed by atoms with Crippen molar-refractivity contribution in [2.24, 2.45) is 0 Å². The number of sulfone groups is 1. The van der Waals surface area contributed by atoms with Gasteiger partial charge in [0.2, 0.25) is 0 Å². The first-order chi connectivity index (χ1) is 7.96. The molecule has 1 saturated heterocycles. The number of nitrogens with two attached hydrogens (primary N) is 1. The molecule has 1 aromatic rings. The average molecular weight is 312 g/mol. The van der Waals surface area contributed by atoms with Gasteiger partial charge in [-0.2, -0.15) is 0 Å². The molecule has 2 heterocycles. The topological polar surface area (TPSA) is 76.3 Å². The predicted octanol–water partition coefficient (Wildman–Crippen LogP) is 1.16. The van der Waals surface area contributed by atoms with Gasteiger partial charge in [-0.1, -0.05) is 0 Å². The third-order valence-electron chi connectivity index (χ3n) is 3.09. The minimum absolute atomic E-state index is 0. The highest BCUT2D eigenvalue weighted by Crippen LogP contribution is 2.20. The minimum Gasteiger partial charge on any atom is -0.375 e. The number of nitrogens with zero attached hydrogens (tertiary/aromatic N) is 2. The standard InChI is InChI=1S/C10H17N3O2S2.ClH/c1-8-2-4-17(14,15)5-3-13(8)7-9-6-12-10(11)16-9;/h6,8H,2-5,7H2,1H3,(H2,11,12);1H. The first-order valence-electron chi connectivity index (χ1n) is 5.61. The van der Waals surface area contributed by atoms with Gasteiger partial charge in [-0.25, -0.2) is 13.4 Å². The third-order valence-corrected chi connectivity index (χ3v) is 5.56. The molecule has 18 heavy (non-hydrogen) atoms. The van der Waals surface area contributed by atoms with Gasteiger partial charge in [-0.3, -0.25) is 4.90 Å². The number of aromatic nitrogens is 1. The molecule has 0 radical (unpaired) electrons. The largest absolute Gasteiger partial charge is 0.375 e. The number of anilines is 1. The second-order valence-corrected chi connectivity index (χ2v) is 7.88. The van der Waals surface area contributed by atoms with Crippen LogP contribution in [0.15, 0.2) is 6.20 Å². The van der Waals surface area contributed by atoms with Crippen molar-refractivity contribution in [1.29, 1.82) is 0 Å². The van der Waals surface area contributed by atoms with Crippen molar-refractivity contribution >= 4 is 38.7 Å². The van der Waals surface area contributed by atoms with Gasteiger partial charge in [0.1, 0.15) is 0 Å². The van der Waals surface area contributed by atoms with Gasteiger partial charge in [0, 0.05) is 30.2 Å². The summed E-state index contributed by atoms with van der Waals surface area (Å²) in [6, 6.07) is 0.288. The van der Waals surface area contributed by atoms with Gasteiger partial charge in [0.05, 0.1) is 11.5 Å². The maximum atomic E-state index is 11.6. The highest BCUT2D eigenvalue weighted by atomic mass is 35.5. The molecule has 2 N–H and O–H groups in total. The molecule has 1 unspecified atom stereocenters. The third kappa shape index (κ3) is 4.08. The van der Waals surface area contributed by atoms with Crippen molar-refractivity contribution in [3.05, 3.63) is 11.1 Å². The summed E-state index contributed by atoms with van der Waals surface area (Å²) in [5.74, 6) is 0.557. The maximum absolute atomic E-state index is 11.6. The number of halogens is 1. The van der Waals surface area contributed by atoms with Crippen molar-refractivity contribution < 1.29 is 8.42 Å². The van der Waals surface area contributed by atoms with Crippen LogP contribution in [0.1, 0.15) is 18.2 Å². The Morgan fingerprint density at radius 3 is 2.89 bits per heavy atom. The van der Waals surface area contributed by atoms with Crippen molar-refractivity contribution in [3.8, 4) is 0 Å². The van der Waals surface area contributed by atoms with E-state index in [0.717, 1.165) is 11.4 Å². The van der Waals surface area contributed by atoms with E-state index in [1.165, 1.54) is 11.3 Å². The Morgan fingerprint density at radius 1 is 1.56 bits per heavy atom. The van der Waals surface area contributed by atoms with Crippen LogP contribution in [0.5, 0.6) is 0 Å². The fourth-order valence-corrected chi connectivity index (χ4v) is 4.07. The molecule has 0 spiro atoms. The lowest BCUT2D eigenvalue weighted by atomic mass is 10.2. The van der Waals surface area contributed by atoms with E-state index in [9.17, 15) is 8.42 Å². The van der Waals surface area contributed by atoms with E-state index in [4.69, 9.17) is 5.73 Å². The first kappa shape index (κ1) is 15.7. The van der Waals surface area contributed by atoms with Crippen LogP contribution in [0.3, 0.4) is 0 Å². The lowest BCUT2D eigenvalue weighted by Crippen LogP contribution is -2.33. The first-order valence-corrected chi connectivity index (χ1v) is 8.25. The van der Waals surface area contributed by atoms with Crippen LogP contribution in [0.25, 0.3) is 0 Å². The van der Waals surface area contributed by atoms with E-state index in [2.05, 4.69) is 16.8 Å². The number of hydrogen-bond acceptors (Lipinski definition) is 6. The molecule has 0 amide bonds. The van der Waals surface area contributed by atoms with E-state index in [-0.39, 0.29) is 24.2 Å². The summed E-state index contributed by atoms with van der Waals surface area (Å²) in [4.78, 5) is 7.29. The molecule has 0 bridgehead atoms. The highest BCUT2D eigenvalue weighted by molar-refractivity contribution is 7.91. The Kier molecular flexibility index (Phi) is 5.39. The predicted molar refractivity (Wildman–Crippen MR) is 76.9 cm³/mol. The molecule has 0 aliphatic carbocycles. The molecular weight excluding hydrogens is 294 g/mol. The molecule has 8 heteroatoms. The molecular formula is C10H18ClN3O2S2. The average Bonchev–Trinajstić information content (AvgIpc) is 2.61. The van der Waals surface area contributed by atoms with E-state index in [0.29, 0.717) is 23.8 Å². The van der Waals surface area contributed by atoms with Gasteiger partial charge in [-0.05, 0) is 13.3 Å². The summed E-state index contributed by atoms with van der Waals surface area (Å²) in [5, 5.41) is 0.565. The molecule has 1 aliphatic rings. The summed E-state index contributed by atoms with van der Waals surface area (Å²) in [6.45, 7) is 3.41. The Bertz CT molecular complexity index is 489. The van der Waals surface area contributed by atoms with Gasteiger partial charge in [0.25, 0.3) is 0 Å². The van der Waals surface area contributed by atoms with E-state index >= 15 is 0 Å². The van der Waals surface area contributed by atoms with E-state index < -0.39 is 9.84 Å². The van der Waals surface area contributed by atoms with E-state index in [1.54, 1.807) is 6.20 Å². The normalized spacial score (nSPS) is 24.2. The zero-order valence-corrected chi connectivity index (χ0v) is 12.7. The summed E-state index contributed by atoms with van der Waals surface area (Å²) in [5.41, 5.74) is 5.59. The SMILES string of the molecule is CC1CCS(=O)(=O)CCN1Cc1cnc(N)s1.Cl. The van der Waals surface area contributed by atoms with Crippen LogP contribution in [0.2, 0.25) is 0 Å². The number of nitrogen functional groups attached to an aromatic ring is 1. The molecule has 2 rings (SSSR count). The maximum Gasteiger partial charge on any atom is 0.180 e. The summed E-state index contributed by atoms with van der Waals surface area (Å²) < 4.78 is 23.1. The van der Waals surface area contributed by atoms with Crippen LogP contribution < -0.4 is 5.73 Å². The van der Waals surface area contributed by atoms with Crippen molar-refractivity contribution in [2.75, 3.05) is 23.8 Å². The van der Waals surface area contributed by atoms with Crippen LogP contribution in [0, 0.1) is 0 Å². The second-order valence-electron chi connectivity index (χ2n) is 4.42. The van der Waals surface area contributed by atoms with Gasteiger partial charge < -0.3 is 5.73 Å². The zero-order valence-electron chi connectivity index (χ0n) is 10.2. The minimum atomic E-state index is -2.85. The second kappa shape index (κ2) is 6.18.